The second-order valence-corrected chi connectivity index (χ2v) is 16.6. The van der Waals surface area contributed by atoms with Crippen molar-refractivity contribution in [3.63, 3.8) is 0 Å². The van der Waals surface area contributed by atoms with E-state index in [1.807, 2.05) is 23.8 Å². The van der Waals surface area contributed by atoms with Crippen molar-refractivity contribution in [1.82, 2.24) is 14.5 Å². The number of aromatic nitrogens is 2. The smallest absolute Gasteiger partial charge is 0.407 e. The molecule has 1 aliphatic carbocycles. The van der Waals surface area contributed by atoms with Gasteiger partial charge in [-0.2, -0.15) is 0 Å². The van der Waals surface area contributed by atoms with Crippen molar-refractivity contribution in [3.8, 4) is 0 Å². The molecule has 1 saturated carbocycles. The number of fused-ring (bicyclic) bond motifs is 1. The highest BCUT2D eigenvalue weighted by Crippen LogP contribution is 2.49. The van der Waals surface area contributed by atoms with Gasteiger partial charge in [0.05, 0.1) is 5.39 Å². The summed E-state index contributed by atoms with van der Waals surface area (Å²) in [7, 11) is -1.19. The van der Waals surface area contributed by atoms with Crippen LogP contribution in [-0.4, -0.2) is 65.2 Å². The monoisotopic (exact) mass is 472 g/mol. The van der Waals surface area contributed by atoms with E-state index >= 15 is 0 Å². The number of hydrogen-bond acceptors (Lipinski definition) is 5. The number of pyridine rings is 1. The quantitative estimate of drug-likeness (QED) is 0.307. The van der Waals surface area contributed by atoms with Crippen LogP contribution < -0.4 is 5.32 Å². The van der Waals surface area contributed by atoms with E-state index in [2.05, 4.69) is 29.9 Å². The Hall–Kier alpha value is -2.39. The van der Waals surface area contributed by atoms with Crippen LogP contribution >= 0.6 is 0 Å². The molecule has 1 atom stereocenters. The lowest BCUT2D eigenvalue weighted by molar-refractivity contribution is 0.0883. The zero-order valence-electron chi connectivity index (χ0n) is 20.2. The molecule has 8 nitrogen and oxygen atoms in total. The molecule has 33 heavy (non-hydrogen) atoms. The number of ketones is 1. The van der Waals surface area contributed by atoms with Gasteiger partial charge in [-0.25, -0.2) is 9.78 Å². The first-order valence-electron chi connectivity index (χ1n) is 11.9. The van der Waals surface area contributed by atoms with Gasteiger partial charge in [-0.1, -0.05) is 26.6 Å². The van der Waals surface area contributed by atoms with Gasteiger partial charge in [0.2, 0.25) is 0 Å². The summed E-state index contributed by atoms with van der Waals surface area (Å²) in [5, 5.41) is 13.7. The summed E-state index contributed by atoms with van der Waals surface area (Å²) in [6.45, 7) is 11.0. The van der Waals surface area contributed by atoms with E-state index in [1.165, 1.54) is 4.90 Å². The third kappa shape index (κ3) is 5.41. The largest absolute Gasteiger partial charge is 0.465 e. The second-order valence-electron chi connectivity index (χ2n) is 11.0. The van der Waals surface area contributed by atoms with Gasteiger partial charge in [-0.3, -0.25) is 4.79 Å². The van der Waals surface area contributed by atoms with Gasteiger partial charge in [-0.05, 0) is 37.8 Å². The lowest BCUT2D eigenvalue weighted by Gasteiger charge is -2.32. The topological polar surface area (TPSA) is 96.7 Å². The van der Waals surface area contributed by atoms with E-state index in [0.29, 0.717) is 32.0 Å². The molecular formula is C24H36N4O4Si. The van der Waals surface area contributed by atoms with Gasteiger partial charge in [-0.15, -0.1) is 0 Å². The molecule has 180 valence electrons. The highest BCUT2D eigenvalue weighted by Gasteiger charge is 2.46. The summed E-state index contributed by atoms with van der Waals surface area (Å²) in [5.74, 6) is 0.153. The summed E-state index contributed by atoms with van der Waals surface area (Å²) in [6.07, 6.45) is 6.26. The summed E-state index contributed by atoms with van der Waals surface area (Å²) < 4.78 is 7.92. The average Bonchev–Trinajstić information content (AvgIpc) is 3.40. The molecule has 0 spiro atoms. The minimum absolute atomic E-state index is 0.00346. The number of rotatable bonds is 9. The summed E-state index contributed by atoms with van der Waals surface area (Å²) in [6, 6.07) is 2.97. The molecular weight excluding hydrogens is 436 g/mol. The Labute approximate surface area is 196 Å². The number of anilines is 1. The summed E-state index contributed by atoms with van der Waals surface area (Å²) >= 11 is 0. The van der Waals surface area contributed by atoms with Gasteiger partial charge in [0.15, 0.2) is 5.78 Å². The lowest BCUT2D eigenvalue weighted by Crippen LogP contribution is -2.44. The van der Waals surface area contributed by atoms with Crippen molar-refractivity contribution in [1.29, 1.82) is 0 Å². The van der Waals surface area contributed by atoms with Crippen molar-refractivity contribution in [2.24, 2.45) is 5.41 Å². The molecule has 1 saturated heterocycles. The first kappa shape index (κ1) is 23.8. The fraction of sp³-hybridized carbons (Fsp3) is 0.625. The predicted molar refractivity (Wildman–Crippen MR) is 132 cm³/mol. The van der Waals surface area contributed by atoms with Crippen molar-refractivity contribution in [3.05, 3.63) is 24.0 Å². The summed E-state index contributed by atoms with van der Waals surface area (Å²) in [4.78, 5) is 30.9. The van der Waals surface area contributed by atoms with E-state index in [-0.39, 0.29) is 17.2 Å². The van der Waals surface area contributed by atoms with Crippen molar-refractivity contribution < 1.29 is 19.4 Å². The van der Waals surface area contributed by atoms with Gasteiger partial charge >= 0.3 is 6.09 Å². The zero-order valence-corrected chi connectivity index (χ0v) is 21.2. The number of ether oxygens (including phenoxy) is 1. The molecule has 2 aromatic rings. The van der Waals surface area contributed by atoms with Crippen LogP contribution in [0.1, 0.15) is 43.0 Å². The fourth-order valence-corrected chi connectivity index (χ4v) is 5.13. The Morgan fingerprint density at radius 1 is 1.33 bits per heavy atom. The Balaban J connectivity index is 1.62. The molecule has 0 aromatic carbocycles. The first-order valence-corrected chi connectivity index (χ1v) is 15.6. The highest BCUT2D eigenvalue weighted by molar-refractivity contribution is 6.76. The predicted octanol–water partition coefficient (Wildman–Crippen LogP) is 4.89. The zero-order chi connectivity index (χ0) is 23.8. The molecule has 1 aliphatic heterocycles. The standard InChI is InChI=1S/C24H36N4O4Si/c1-24(8-9-24)21(29)18-15-28(16-32-12-13-33(2,3)4)22-20(18)19(7-10-25-22)26-17-6-5-11-27(14-17)23(30)31/h7,10,15,17H,5-6,8-9,11-14,16H2,1-4H3,(H,25,26)(H,30,31)/t17-/m1/s1. The normalized spacial score (nSPS) is 20.1. The van der Waals surface area contributed by atoms with Gasteiger partial charge < -0.3 is 24.6 Å². The third-order valence-electron chi connectivity index (χ3n) is 6.83. The molecule has 0 unspecified atom stereocenters. The van der Waals surface area contributed by atoms with Crippen LogP contribution in [0.15, 0.2) is 18.5 Å². The molecule has 0 radical (unpaired) electrons. The number of nitrogens with zero attached hydrogens (tertiary/aromatic N) is 3. The number of carbonyl (C=O) groups is 2. The number of likely N-dealkylation sites (tertiary alicyclic amines) is 1. The number of carbonyl (C=O) groups excluding carboxylic acids is 1. The minimum Gasteiger partial charge on any atom is -0.465 e. The van der Waals surface area contributed by atoms with Crippen molar-refractivity contribution in [2.75, 3.05) is 25.0 Å². The molecule has 2 aromatic heterocycles. The van der Waals surface area contributed by atoms with Crippen LogP contribution in [0.5, 0.6) is 0 Å². The minimum atomic E-state index is -1.19. The first-order chi connectivity index (χ1) is 15.6. The van der Waals surface area contributed by atoms with Gasteiger partial charge in [0.1, 0.15) is 12.4 Å². The molecule has 2 aliphatic rings. The van der Waals surface area contributed by atoms with Crippen LogP contribution in [0.4, 0.5) is 10.5 Å². The number of amides is 1. The lowest BCUT2D eigenvalue weighted by atomic mass is 9.96. The number of nitrogens with one attached hydrogen (secondary N) is 1. The molecule has 9 heteroatoms. The van der Waals surface area contributed by atoms with E-state index in [0.717, 1.165) is 48.4 Å². The molecule has 1 amide bonds. The van der Waals surface area contributed by atoms with Crippen LogP contribution in [0, 0.1) is 5.41 Å². The summed E-state index contributed by atoms with van der Waals surface area (Å²) in [5.41, 5.74) is 1.95. The third-order valence-corrected chi connectivity index (χ3v) is 8.53. The maximum absolute atomic E-state index is 13.4. The number of Topliss-reactive ketones (excluding diaryl/α,β-unsaturated/α-hetero) is 1. The number of piperidine rings is 1. The molecule has 4 rings (SSSR count). The van der Waals surface area contributed by atoms with E-state index in [9.17, 15) is 14.7 Å². The Kier molecular flexibility index (Phi) is 6.55. The van der Waals surface area contributed by atoms with Crippen LogP contribution in [0.25, 0.3) is 11.0 Å². The molecule has 0 bridgehead atoms. The number of carboxylic acid groups (broad SMARTS) is 1. The molecule has 2 fully saturated rings. The van der Waals surface area contributed by atoms with Crippen LogP contribution in [0.2, 0.25) is 25.7 Å². The Bertz CT molecular complexity index is 1040. The van der Waals surface area contributed by atoms with E-state index < -0.39 is 14.2 Å². The van der Waals surface area contributed by atoms with Crippen LogP contribution in [-0.2, 0) is 11.5 Å². The van der Waals surface area contributed by atoms with Crippen molar-refractivity contribution in [2.45, 2.75) is 71.1 Å². The average molecular weight is 473 g/mol. The molecule has 2 N–H and O–H groups in total. The Morgan fingerprint density at radius 2 is 2.09 bits per heavy atom. The van der Waals surface area contributed by atoms with E-state index in [4.69, 9.17) is 4.74 Å². The van der Waals surface area contributed by atoms with Crippen LogP contribution in [0.3, 0.4) is 0 Å². The Morgan fingerprint density at radius 3 is 2.76 bits per heavy atom. The van der Waals surface area contributed by atoms with Crippen molar-refractivity contribution >= 4 is 36.7 Å². The van der Waals surface area contributed by atoms with Gasteiger partial charge in [0, 0.05) is 62.9 Å². The fourth-order valence-electron chi connectivity index (χ4n) is 4.38. The maximum Gasteiger partial charge on any atom is 0.407 e. The molecule has 3 heterocycles. The maximum atomic E-state index is 13.4. The second kappa shape index (κ2) is 9.10. The number of hydrogen-bond donors (Lipinski definition) is 2. The SMILES string of the molecule is CC1(C(=O)c2cn(COCC[Si](C)(C)C)c3nccc(N[C@@H]4CCCN(C(=O)O)C4)c23)CC1. The highest BCUT2D eigenvalue weighted by atomic mass is 28.3. The van der Waals surface area contributed by atoms with Gasteiger partial charge in [0.25, 0.3) is 0 Å². The van der Waals surface area contributed by atoms with E-state index in [1.54, 1.807) is 6.20 Å².